The smallest absolute Gasteiger partial charge is 0.235 e. The lowest BCUT2D eigenvalue weighted by Gasteiger charge is -2.25. The van der Waals surface area contributed by atoms with Gasteiger partial charge in [0.2, 0.25) is 5.91 Å². The zero-order valence-corrected chi connectivity index (χ0v) is 12.9. The van der Waals surface area contributed by atoms with Crippen molar-refractivity contribution >= 4 is 15.7 Å². The third-order valence-corrected chi connectivity index (χ3v) is 4.83. The molecule has 7 heteroatoms. The molecule has 0 spiro atoms. The predicted octanol–water partition coefficient (Wildman–Crippen LogP) is 0.175. The van der Waals surface area contributed by atoms with Gasteiger partial charge in [-0.2, -0.15) is 0 Å². The van der Waals surface area contributed by atoms with E-state index in [2.05, 4.69) is 5.32 Å². The molecule has 1 aromatic rings. The van der Waals surface area contributed by atoms with E-state index in [1.165, 1.54) is 0 Å². The van der Waals surface area contributed by atoms with E-state index in [0.717, 1.165) is 5.56 Å². The van der Waals surface area contributed by atoms with Crippen LogP contribution in [0.15, 0.2) is 29.2 Å². The first-order valence-electron chi connectivity index (χ1n) is 6.83. The van der Waals surface area contributed by atoms with Gasteiger partial charge in [-0.3, -0.25) is 9.69 Å². The lowest BCUT2D eigenvalue weighted by atomic mass is 10.2. The monoisotopic (exact) mass is 312 g/mol. The molecular formula is C14H20N2O4S. The van der Waals surface area contributed by atoms with Gasteiger partial charge in [0.1, 0.15) is 5.88 Å². The number of nitrogens with zero attached hydrogens (tertiary/aromatic N) is 1. The Kier molecular flexibility index (Phi) is 5.33. The molecule has 0 aromatic heterocycles. The van der Waals surface area contributed by atoms with E-state index in [-0.39, 0.29) is 23.2 Å². The van der Waals surface area contributed by atoms with Crippen molar-refractivity contribution in [2.24, 2.45) is 0 Å². The summed E-state index contributed by atoms with van der Waals surface area (Å²) in [6, 6.07) is 6.59. The van der Waals surface area contributed by atoms with Crippen molar-refractivity contribution in [2.45, 2.75) is 11.8 Å². The van der Waals surface area contributed by atoms with Crippen LogP contribution in [-0.4, -0.2) is 57.9 Å². The number of morpholine rings is 1. The predicted molar refractivity (Wildman–Crippen MR) is 78.6 cm³/mol. The van der Waals surface area contributed by atoms with Gasteiger partial charge >= 0.3 is 0 Å². The fraction of sp³-hybridized carbons (Fsp3) is 0.500. The number of amides is 1. The summed E-state index contributed by atoms with van der Waals surface area (Å²) >= 11 is 0. The van der Waals surface area contributed by atoms with Crippen molar-refractivity contribution in [2.75, 3.05) is 38.7 Å². The first-order chi connectivity index (χ1) is 9.97. The molecule has 1 amide bonds. The Bertz CT molecular complexity index is 577. The standard InChI is InChI=1S/C14H20N2O4S/c1-12-2-4-13(5-3-12)21(18,19)11-15-14(17)10-16-6-8-20-9-7-16/h2-5H,6-11H2,1H3,(H,15,17). The van der Waals surface area contributed by atoms with E-state index in [9.17, 15) is 13.2 Å². The van der Waals surface area contributed by atoms with Gasteiger partial charge in [-0.1, -0.05) is 17.7 Å². The molecule has 1 fully saturated rings. The molecule has 0 unspecified atom stereocenters. The van der Waals surface area contributed by atoms with Crippen molar-refractivity contribution in [3.63, 3.8) is 0 Å². The number of hydrogen-bond donors (Lipinski definition) is 1. The van der Waals surface area contributed by atoms with Gasteiger partial charge in [-0.25, -0.2) is 8.42 Å². The lowest BCUT2D eigenvalue weighted by Crippen LogP contribution is -2.44. The molecule has 1 heterocycles. The van der Waals surface area contributed by atoms with Gasteiger partial charge in [0, 0.05) is 13.1 Å². The van der Waals surface area contributed by atoms with Crippen LogP contribution < -0.4 is 5.32 Å². The van der Waals surface area contributed by atoms with Crippen LogP contribution in [0.2, 0.25) is 0 Å². The highest BCUT2D eigenvalue weighted by Crippen LogP contribution is 2.11. The van der Waals surface area contributed by atoms with Crippen molar-refractivity contribution in [3.8, 4) is 0 Å². The Hall–Kier alpha value is -1.44. The number of aryl methyl sites for hydroxylation is 1. The van der Waals surface area contributed by atoms with Gasteiger partial charge in [0.15, 0.2) is 9.84 Å². The zero-order chi connectivity index (χ0) is 15.3. The van der Waals surface area contributed by atoms with Crippen LogP contribution in [0.3, 0.4) is 0 Å². The molecule has 6 nitrogen and oxygen atoms in total. The molecule has 0 bridgehead atoms. The minimum Gasteiger partial charge on any atom is -0.379 e. The van der Waals surface area contributed by atoms with E-state index in [4.69, 9.17) is 4.74 Å². The van der Waals surface area contributed by atoms with Gasteiger partial charge in [0.05, 0.1) is 24.7 Å². The largest absolute Gasteiger partial charge is 0.379 e. The van der Waals surface area contributed by atoms with Crippen LogP contribution in [0.25, 0.3) is 0 Å². The topological polar surface area (TPSA) is 75.7 Å². The van der Waals surface area contributed by atoms with E-state index in [1.54, 1.807) is 24.3 Å². The van der Waals surface area contributed by atoms with E-state index < -0.39 is 9.84 Å². The summed E-state index contributed by atoms with van der Waals surface area (Å²) in [4.78, 5) is 13.9. The summed E-state index contributed by atoms with van der Waals surface area (Å²) in [5.41, 5.74) is 0.991. The number of hydrogen-bond acceptors (Lipinski definition) is 5. The minimum atomic E-state index is -3.49. The fourth-order valence-electron chi connectivity index (χ4n) is 2.02. The molecule has 0 saturated carbocycles. The van der Waals surface area contributed by atoms with E-state index >= 15 is 0 Å². The van der Waals surface area contributed by atoms with Crippen molar-refractivity contribution < 1.29 is 17.9 Å². The highest BCUT2D eigenvalue weighted by Gasteiger charge is 2.18. The summed E-state index contributed by atoms with van der Waals surface area (Å²) in [6.45, 7) is 4.69. The Balaban J connectivity index is 1.86. The molecule has 21 heavy (non-hydrogen) atoms. The second-order valence-electron chi connectivity index (χ2n) is 5.06. The first kappa shape index (κ1) is 15.9. The Morgan fingerprint density at radius 3 is 2.48 bits per heavy atom. The average molecular weight is 312 g/mol. The quantitative estimate of drug-likeness (QED) is 0.839. The Labute approximate surface area is 125 Å². The normalized spacial score (nSPS) is 16.6. The van der Waals surface area contributed by atoms with Crippen LogP contribution in [0.5, 0.6) is 0 Å². The summed E-state index contributed by atoms with van der Waals surface area (Å²) < 4.78 is 29.4. The Morgan fingerprint density at radius 2 is 1.86 bits per heavy atom. The van der Waals surface area contributed by atoms with Gasteiger partial charge in [0.25, 0.3) is 0 Å². The number of sulfone groups is 1. The van der Waals surface area contributed by atoms with Crippen LogP contribution >= 0.6 is 0 Å². The van der Waals surface area contributed by atoms with Crippen molar-refractivity contribution in [1.82, 2.24) is 10.2 Å². The summed E-state index contributed by atoms with van der Waals surface area (Å²) in [6.07, 6.45) is 0. The average Bonchev–Trinajstić information content (AvgIpc) is 2.47. The first-order valence-corrected chi connectivity index (χ1v) is 8.49. The maximum atomic E-state index is 12.1. The number of carbonyl (C=O) groups is 1. The minimum absolute atomic E-state index is 0.201. The molecule has 0 radical (unpaired) electrons. The molecule has 1 N–H and O–H groups in total. The fourth-order valence-corrected chi connectivity index (χ4v) is 3.09. The molecule has 0 atom stereocenters. The highest BCUT2D eigenvalue weighted by atomic mass is 32.2. The van der Waals surface area contributed by atoms with Crippen LogP contribution in [0.1, 0.15) is 5.56 Å². The van der Waals surface area contributed by atoms with Gasteiger partial charge in [-0.05, 0) is 19.1 Å². The molecule has 1 aliphatic rings. The van der Waals surface area contributed by atoms with Crippen molar-refractivity contribution in [1.29, 1.82) is 0 Å². The van der Waals surface area contributed by atoms with Crippen LogP contribution in [0, 0.1) is 6.92 Å². The SMILES string of the molecule is Cc1ccc(S(=O)(=O)CNC(=O)CN2CCOCC2)cc1. The van der Waals surface area contributed by atoms with Gasteiger partial charge < -0.3 is 10.1 Å². The molecule has 1 aliphatic heterocycles. The molecule has 1 saturated heterocycles. The third-order valence-electron chi connectivity index (χ3n) is 3.31. The molecule has 116 valence electrons. The number of nitrogens with one attached hydrogen (secondary N) is 1. The number of ether oxygens (including phenoxy) is 1. The number of carbonyl (C=O) groups excluding carboxylic acids is 1. The summed E-state index contributed by atoms with van der Waals surface area (Å²) in [7, 11) is -3.49. The molecule has 2 rings (SSSR count). The lowest BCUT2D eigenvalue weighted by molar-refractivity contribution is -0.122. The second-order valence-corrected chi connectivity index (χ2v) is 7.05. The maximum Gasteiger partial charge on any atom is 0.235 e. The summed E-state index contributed by atoms with van der Waals surface area (Å²) in [5, 5.41) is 2.47. The third kappa shape index (κ3) is 4.80. The van der Waals surface area contributed by atoms with Crippen molar-refractivity contribution in [3.05, 3.63) is 29.8 Å². The number of benzene rings is 1. The van der Waals surface area contributed by atoms with Crippen LogP contribution in [0.4, 0.5) is 0 Å². The van der Waals surface area contributed by atoms with Gasteiger partial charge in [-0.15, -0.1) is 0 Å². The number of rotatable bonds is 5. The molecule has 0 aliphatic carbocycles. The summed E-state index contributed by atoms with van der Waals surface area (Å²) in [5.74, 6) is -0.660. The molecule has 1 aromatic carbocycles. The second kappa shape index (κ2) is 7.02. The van der Waals surface area contributed by atoms with E-state index in [0.29, 0.717) is 26.3 Å². The maximum absolute atomic E-state index is 12.1. The van der Waals surface area contributed by atoms with Crippen LogP contribution in [-0.2, 0) is 19.4 Å². The van der Waals surface area contributed by atoms with E-state index in [1.807, 2.05) is 11.8 Å². The highest BCUT2D eigenvalue weighted by molar-refractivity contribution is 7.91. The molecular weight excluding hydrogens is 292 g/mol. The Morgan fingerprint density at radius 1 is 1.24 bits per heavy atom. The zero-order valence-electron chi connectivity index (χ0n) is 12.0.